The number of benzene rings is 1. The minimum absolute atomic E-state index is 0.309. The molecule has 0 aliphatic heterocycles. The summed E-state index contributed by atoms with van der Waals surface area (Å²) in [7, 11) is 0. The first-order chi connectivity index (χ1) is 9.52. The first-order valence-corrected chi connectivity index (χ1v) is 6.74. The normalized spacial score (nSPS) is 10.2. The smallest absolute Gasteiger partial charge is 0.167 e. The fourth-order valence-corrected chi connectivity index (χ4v) is 2.11. The van der Waals surface area contributed by atoms with Crippen LogP contribution >= 0.6 is 15.9 Å². The van der Waals surface area contributed by atoms with Gasteiger partial charge in [-0.15, -0.1) is 5.10 Å². The summed E-state index contributed by atoms with van der Waals surface area (Å²) in [5, 5.41) is 20.2. The summed E-state index contributed by atoms with van der Waals surface area (Å²) in [6, 6.07) is 6.57. The zero-order valence-corrected chi connectivity index (χ0v) is 12.6. The Bertz CT molecular complexity index is 694. The molecule has 0 fully saturated rings. The molecule has 2 rings (SSSR count). The van der Waals surface area contributed by atoms with Gasteiger partial charge >= 0.3 is 0 Å². The van der Waals surface area contributed by atoms with E-state index in [4.69, 9.17) is 0 Å². The molecule has 0 aliphatic carbocycles. The minimum atomic E-state index is -0.309. The number of hydrogen-bond donors (Lipinski definition) is 1. The van der Waals surface area contributed by atoms with Crippen LogP contribution in [0.15, 0.2) is 22.7 Å². The molecule has 20 heavy (non-hydrogen) atoms. The van der Waals surface area contributed by atoms with Crippen LogP contribution in [0.3, 0.4) is 0 Å². The van der Waals surface area contributed by atoms with Crippen molar-refractivity contribution >= 4 is 21.7 Å². The van der Waals surface area contributed by atoms with Gasteiger partial charge in [-0.2, -0.15) is 10.4 Å². The standard InChI is InChI=1S/C14H12BrFN4/c1-8-9(2)19-20-14(12(8)6-17)18-7-10-5-11(16)3-4-13(10)15/h3-5H,7H2,1-2H3,(H,18,20). The van der Waals surface area contributed by atoms with E-state index < -0.39 is 0 Å². The highest BCUT2D eigenvalue weighted by Crippen LogP contribution is 2.21. The molecule has 1 aromatic carbocycles. The molecule has 0 saturated heterocycles. The van der Waals surface area contributed by atoms with Gasteiger partial charge in [0.1, 0.15) is 17.4 Å². The van der Waals surface area contributed by atoms with E-state index in [1.54, 1.807) is 13.0 Å². The van der Waals surface area contributed by atoms with E-state index >= 15 is 0 Å². The van der Waals surface area contributed by atoms with E-state index in [2.05, 4.69) is 37.5 Å². The van der Waals surface area contributed by atoms with Crippen molar-refractivity contribution in [2.75, 3.05) is 5.32 Å². The van der Waals surface area contributed by atoms with Crippen LogP contribution in [0.5, 0.6) is 0 Å². The summed E-state index contributed by atoms with van der Waals surface area (Å²) in [6.07, 6.45) is 0. The summed E-state index contributed by atoms with van der Waals surface area (Å²) in [4.78, 5) is 0. The van der Waals surface area contributed by atoms with Crippen molar-refractivity contribution in [1.29, 1.82) is 5.26 Å². The van der Waals surface area contributed by atoms with Crippen molar-refractivity contribution in [3.8, 4) is 6.07 Å². The van der Waals surface area contributed by atoms with Crippen LogP contribution in [-0.2, 0) is 6.54 Å². The van der Waals surface area contributed by atoms with Crippen LogP contribution in [0, 0.1) is 31.0 Å². The molecule has 0 aliphatic rings. The summed E-state index contributed by atoms with van der Waals surface area (Å²) in [6.45, 7) is 3.98. The van der Waals surface area contributed by atoms with E-state index in [9.17, 15) is 9.65 Å². The number of anilines is 1. The average Bonchev–Trinajstić information content (AvgIpc) is 2.43. The van der Waals surface area contributed by atoms with E-state index in [1.165, 1.54) is 12.1 Å². The lowest BCUT2D eigenvalue weighted by molar-refractivity contribution is 0.625. The second-order valence-corrected chi connectivity index (χ2v) is 5.19. The highest BCUT2D eigenvalue weighted by Gasteiger charge is 2.11. The third kappa shape index (κ3) is 2.94. The molecule has 2 aromatic rings. The summed E-state index contributed by atoms with van der Waals surface area (Å²) < 4.78 is 14.0. The van der Waals surface area contributed by atoms with Gasteiger partial charge in [0, 0.05) is 11.0 Å². The fourth-order valence-electron chi connectivity index (χ4n) is 1.73. The van der Waals surface area contributed by atoms with Gasteiger partial charge in [0.05, 0.1) is 5.69 Å². The Morgan fingerprint density at radius 3 is 2.80 bits per heavy atom. The average molecular weight is 335 g/mol. The number of nitrogens with one attached hydrogen (secondary N) is 1. The molecule has 0 radical (unpaired) electrons. The van der Waals surface area contributed by atoms with Crippen LogP contribution < -0.4 is 5.32 Å². The van der Waals surface area contributed by atoms with Crippen molar-refractivity contribution in [3.63, 3.8) is 0 Å². The highest BCUT2D eigenvalue weighted by molar-refractivity contribution is 9.10. The van der Waals surface area contributed by atoms with Gasteiger partial charge in [0.15, 0.2) is 5.82 Å². The molecule has 0 bridgehead atoms. The SMILES string of the molecule is Cc1nnc(NCc2cc(F)ccc2Br)c(C#N)c1C. The Balaban J connectivity index is 2.26. The Kier molecular flexibility index (Phi) is 4.30. The molecular weight excluding hydrogens is 323 g/mol. The Morgan fingerprint density at radius 1 is 1.35 bits per heavy atom. The van der Waals surface area contributed by atoms with Gasteiger partial charge < -0.3 is 5.32 Å². The maximum absolute atomic E-state index is 13.2. The van der Waals surface area contributed by atoms with Crippen molar-refractivity contribution in [2.45, 2.75) is 20.4 Å². The van der Waals surface area contributed by atoms with E-state index in [-0.39, 0.29) is 5.82 Å². The quantitative estimate of drug-likeness (QED) is 0.933. The van der Waals surface area contributed by atoms with Crippen LogP contribution in [-0.4, -0.2) is 10.2 Å². The summed E-state index contributed by atoms with van der Waals surface area (Å²) in [5.74, 6) is 0.100. The number of rotatable bonds is 3. The maximum atomic E-state index is 13.2. The van der Waals surface area contributed by atoms with Gasteiger partial charge in [-0.05, 0) is 43.2 Å². The summed E-state index contributed by atoms with van der Waals surface area (Å²) >= 11 is 3.36. The second kappa shape index (κ2) is 5.97. The van der Waals surface area contributed by atoms with Crippen molar-refractivity contribution < 1.29 is 4.39 Å². The first kappa shape index (κ1) is 14.4. The molecule has 0 atom stereocenters. The van der Waals surface area contributed by atoms with E-state index in [1.807, 2.05) is 6.92 Å². The predicted octanol–water partition coefficient (Wildman–Crippen LogP) is 3.48. The molecule has 0 saturated carbocycles. The second-order valence-electron chi connectivity index (χ2n) is 4.34. The predicted molar refractivity (Wildman–Crippen MR) is 77.6 cm³/mol. The van der Waals surface area contributed by atoms with E-state index in [0.29, 0.717) is 17.9 Å². The topological polar surface area (TPSA) is 61.6 Å². The monoisotopic (exact) mass is 334 g/mol. The molecule has 102 valence electrons. The van der Waals surface area contributed by atoms with E-state index in [0.717, 1.165) is 21.3 Å². The van der Waals surface area contributed by atoms with Gasteiger partial charge in [0.25, 0.3) is 0 Å². The number of halogens is 2. The third-order valence-corrected chi connectivity index (χ3v) is 3.79. The number of nitrogens with zero attached hydrogens (tertiary/aromatic N) is 3. The Morgan fingerprint density at radius 2 is 2.10 bits per heavy atom. The van der Waals surface area contributed by atoms with Crippen molar-refractivity contribution in [2.24, 2.45) is 0 Å². The Labute approximate surface area is 124 Å². The van der Waals surface area contributed by atoms with Gasteiger partial charge in [-0.25, -0.2) is 4.39 Å². The molecule has 4 nitrogen and oxygen atoms in total. The van der Waals surface area contributed by atoms with Crippen molar-refractivity contribution in [1.82, 2.24) is 10.2 Å². The third-order valence-electron chi connectivity index (χ3n) is 3.02. The number of hydrogen-bond acceptors (Lipinski definition) is 4. The zero-order valence-electron chi connectivity index (χ0n) is 11.0. The number of nitriles is 1. The lowest BCUT2D eigenvalue weighted by Gasteiger charge is -2.10. The summed E-state index contributed by atoms with van der Waals surface area (Å²) in [5.41, 5.74) is 2.72. The van der Waals surface area contributed by atoms with Crippen LogP contribution in [0.25, 0.3) is 0 Å². The molecule has 0 unspecified atom stereocenters. The fraction of sp³-hybridized carbons (Fsp3) is 0.214. The van der Waals surface area contributed by atoms with Crippen LogP contribution in [0.4, 0.5) is 10.2 Å². The Hall–Kier alpha value is -2.00. The van der Waals surface area contributed by atoms with Gasteiger partial charge in [-0.3, -0.25) is 0 Å². The molecule has 6 heteroatoms. The van der Waals surface area contributed by atoms with Crippen LogP contribution in [0.1, 0.15) is 22.4 Å². The molecule has 1 N–H and O–H groups in total. The largest absolute Gasteiger partial charge is 0.363 e. The van der Waals surface area contributed by atoms with Gasteiger partial charge in [0.2, 0.25) is 0 Å². The lowest BCUT2D eigenvalue weighted by Crippen LogP contribution is -2.08. The maximum Gasteiger partial charge on any atom is 0.167 e. The highest BCUT2D eigenvalue weighted by atomic mass is 79.9. The minimum Gasteiger partial charge on any atom is -0.363 e. The molecule has 0 amide bonds. The lowest BCUT2D eigenvalue weighted by atomic mass is 10.1. The first-order valence-electron chi connectivity index (χ1n) is 5.94. The zero-order chi connectivity index (χ0) is 14.7. The van der Waals surface area contributed by atoms with Gasteiger partial charge in [-0.1, -0.05) is 15.9 Å². The molecule has 0 spiro atoms. The molecular formula is C14H12BrFN4. The van der Waals surface area contributed by atoms with Crippen LogP contribution in [0.2, 0.25) is 0 Å². The number of aryl methyl sites for hydroxylation is 1. The molecule has 1 heterocycles. The van der Waals surface area contributed by atoms with Crippen molar-refractivity contribution in [3.05, 3.63) is 50.9 Å². The molecule has 1 aromatic heterocycles. The number of aromatic nitrogens is 2.